The first-order chi connectivity index (χ1) is 13.1. The molecule has 3 rings (SSSR count). The molecule has 1 fully saturated rings. The third kappa shape index (κ3) is 4.99. The fourth-order valence-electron chi connectivity index (χ4n) is 3.37. The largest absolute Gasteiger partial charge is 0.496 e. The molecular weight excluding hydrogens is 426 g/mol. The van der Waals surface area contributed by atoms with Crippen molar-refractivity contribution in [1.29, 1.82) is 0 Å². The van der Waals surface area contributed by atoms with E-state index in [2.05, 4.69) is 5.32 Å². The summed E-state index contributed by atoms with van der Waals surface area (Å²) < 4.78 is 91.3. The predicted octanol–water partition coefficient (Wildman–Crippen LogP) is 4.74. The molecule has 0 radical (unpaired) electrons. The molecule has 29 heavy (non-hydrogen) atoms. The molecule has 162 valence electrons. The van der Waals surface area contributed by atoms with Gasteiger partial charge in [-0.1, -0.05) is 0 Å². The number of piperazine rings is 1. The number of hydrogen-bond acceptors (Lipinski definition) is 4. The van der Waals surface area contributed by atoms with Gasteiger partial charge in [0.15, 0.2) is 0 Å². The normalized spacial score (nSPS) is 16.9. The Morgan fingerprint density at radius 2 is 1.72 bits per heavy atom. The molecule has 1 aliphatic rings. The Morgan fingerprint density at radius 1 is 1.07 bits per heavy atom. The zero-order valence-electron chi connectivity index (χ0n) is 15.2. The minimum absolute atomic E-state index is 0. The van der Waals surface area contributed by atoms with Crippen LogP contribution in [0.2, 0.25) is 0 Å². The highest BCUT2D eigenvalue weighted by Crippen LogP contribution is 2.46. The summed E-state index contributed by atoms with van der Waals surface area (Å²) in [4.78, 5) is 1.73. The standard InChI is InChI=1S/C18H18F6N2O2.ClH/c1-27-14-10-11(17(19,20)21)9-12(18(22,23)24)15(14)16(13-3-2-8-28-13)26-6-4-25-5-7-26;/h2-3,8-10,16,25H,4-7H2,1H3;1H/t16-;/m0./s1. The van der Waals surface area contributed by atoms with E-state index in [0.29, 0.717) is 32.2 Å². The van der Waals surface area contributed by atoms with Crippen molar-refractivity contribution in [2.75, 3.05) is 33.3 Å². The Morgan fingerprint density at radius 3 is 2.21 bits per heavy atom. The lowest BCUT2D eigenvalue weighted by Crippen LogP contribution is -2.45. The van der Waals surface area contributed by atoms with Gasteiger partial charge in [0.05, 0.1) is 30.5 Å². The first-order valence-electron chi connectivity index (χ1n) is 8.47. The molecule has 0 bridgehead atoms. The van der Waals surface area contributed by atoms with E-state index < -0.39 is 35.3 Å². The Balaban J connectivity index is 0.00000300. The molecule has 2 heterocycles. The van der Waals surface area contributed by atoms with Gasteiger partial charge in [-0.05, 0) is 24.3 Å². The number of ether oxygens (including phenoxy) is 1. The molecule has 2 aromatic rings. The van der Waals surface area contributed by atoms with Crippen LogP contribution in [0.5, 0.6) is 5.75 Å². The van der Waals surface area contributed by atoms with Gasteiger partial charge in [-0.2, -0.15) is 26.3 Å². The van der Waals surface area contributed by atoms with Gasteiger partial charge in [-0.15, -0.1) is 12.4 Å². The van der Waals surface area contributed by atoms with E-state index in [1.54, 1.807) is 4.90 Å². The van der Waals surface area contributed by atoms with E-state index in [1.807, 2.05) is 0 Å². The van der Waals surface area contributed by atoms with E-state index in [9.17, 15) is 26.3 Å². The number of benzene rings is 1. The van der Waals surface area contributed by atoms with Gasteiger partial charge in [0, 0.05) is 31.7 Å². The Bertz CT molecular complexity index is 802. The summed E-state index contributed by atoms with van der Waals surface area (Å²) in [5.41, 5.74) is -3.20. The molecule has 11 heteroatoms. The van der Waals surface area contributed by atoms with Gasteiger partial charge in [0.2, 0.25) is 0 Å². The van der Waals surface area contributed by atoms with Crippen molar-refractivity contribution < 1.29 is 35.5 Å². The third-order valence-corrected chi connectivity index (χ3v) is 4.60. The van der Waals surface area contributed by atoms with Crippen molar-refractivity contribution >= 4 is 12.4 Å². The second-order valence-corrected chi connectivity index (χ2v) is 6.34. The van der Waals surface area contributed by atoms with Gasteiger partial charge in [-0.25, -0.2) is 0 Å². The van der Waals surface area contributed by atoms with Gasteiger partial charge in [0.25, 0.3) is 0 Å². The van der Waals surface area contributed by atoms with E-state index in [0.717, 1.165) is 7.11 Å². The molecule has 0 unspecified atom stereocenters. The van der Waals surface area contributed by atoms with Crippen LogP contribution in [-0.4, -0.2) is 38.2 Å². The van der Waals surface area contributed by atoms with Crippen molar-refractivity contribution in [2.45, 2.75) is 18.4 Å². The van der Waals surface area contributed by atoms with Gasteiger partial charge in [-0.3, -0.25) is 4.90 Å². The summed E-state index contributed by atoms with van der Waals surface area (Å²) in [6.07, 6.45) is -8.64. The number of halogens is 7. The minimum atomic E-state index is -5.01. The van der Waals surface area contributed by atoms with Crippen LogP contribution in [0.4, 0.5) is 26.3 Å². The minimum Gasteiger partial charge on any atom is -0.496 e. The maximum absolute atomic E-state index is 13.8. The number of rotatable bonds is 4. The molecule has 1 aliphatic heterocycles. The summed E-state index contributed by atoms with van der Waals surface area (Å²) in [5.74, 6) is -0.285. The first kappa shape index (κ1) is 23.4. The third-order valence-electron chi connectivity index (χ3n) is 4.60. The highest BCUT2D eigenvalue weighted by Gasteiger charge is 2.43. The summed E-state index contributed by atoms with van der Waals surface area (Å²) in [6, 6.07) is 2.72. The monoisotopic (exact) mass is 444 g/mol. The van der Waals surface area contributed by atoms with Gasteiger partial charge < -0.3 is 14.5 Å². The molecular formula is C18H19ClF6N2O2. The predicted molar refractivity (Wildman–Crippen MR) is 95.2 cm³/mol. The second-order valence-electron chi connectivity index (χ2n) is 6.34. The smallest absolute Gasteiger partial charge is 0.416 e. The summed E-state index contributed by atoms with van der Waals surface area (Å²) in [6.45, 7) is 1.85. The molecule has 1 aromatic heterocycles. The van der Waals surface area contributed by atoms with E-state index in [-0.39, 0.29) is 29.8 Å². The van der Waals surface area contributed by atoms with Crippen LogP contribution in [0.3, 0.4) is 0 Å². The number of nitrogens with zero attached hydrogens (tertiary/aromatic N) is 1. The van der Waals surface area contributed by atoms with Gasteiger partial charge >= 0.3 is 12.4 Å². The molecule has 0 spiro atoms. The summed E-state index contributed by atoms with van der Waals surface area (Å²) in [5, 5.41) is 3.09. The summed E-state index contributed by atoms with van der Waals surface area (Å²) in [7, 11) is 1.05. The zero-order valence-corrected chi connectivity index (χ0v) is 16.0. The number of alkyl halides is 6. The lowest BCUT2D eigenvalue weighted by atomic mass is 9.92. The van der Waals surface area contributed by atoms with Crippen LogP contribution in [0, 0.1) is 0 Å². The highest BCUT2D eigenvalue weighted by molar-refractivity contribution is 5.85. The average Bonchev–Trinajstić information content (AvgIpc) is 3.15. The summed E-state index contributed by atoms with van der Waals surface area (Å²) >= 11 is 0. The van der Waals surface area contributed by atoms with Crippen LogP contribution >= 0.6 is 12.4 Å². The number of furan rings is 1. The lowest BCUT2D eigenvalue weighted by Gasteiger charge is -2.36. The van der Waals surface area contributed by atoms with Crippen molar-refractivity contribution in [3.8, 4) is 5.75 Å². The van der Waals surface area contributed by atoms with Crippen LogP contribution < -0.4 is 10.1 Å². The average molecular weight is 445 g/mol. The van der Waals surface area contributed by atoms with E-state index in [1.165, 1.54) is 18.4 Å². The number of nitrogens with one attached hydrogen (secondary N) is 1. The highest BCUT2D eigenvalue weighted by atomic mass is 35.5. The van der Waals surface area contributed by atoms with Crippen LogP contribution in [-0.2, 0) is 12.4 Å². The Hall–Kier alpha value is -1.91. The quantitative estimate of drug-likeness (QED) is 0.691. The molecule has 1 atom stereocenters. The molecule has 0 saturated carbocycles. The molecule has 4 nitrogen and oxygen atoms in total. The molecule has 0 aliphatic carbocycles. The number of hydrogen-bond donors (Lipinski definition) is 1. The van der Waals surface area contributed by atoms with E-state index in [4.69, 9.17) is 9.15 Å². The van der Waals surface area contributed by atoms with Crippen molar-refractivity contribution in [3.05, 3.63) is 53.0 Å². The van der Waals surface area contributed by atoms with Crippen molar-refractivity contribution in [3.63, 3.8) is 0 Å². The maximum Gasteiger partial charge on any atom is 0.416 e. The molecule has 1 N–H and O–H groups in total. The van der Waals surface area contributed by atoms with E-state index >= 15 is 0 Å². The van der Waals surface area contributed by atoms with Crippen LogP contribution in [0.1, 0.15) is 28.5 Å². The second kappa shape index (κ2) is 8.85. The fourth-order valence-corrected chi connectivity index (χ4v) is 3.37. The maximum atomic E-state index is 13.8. The zero-order chi connectivity index (χ0) is 20.5. The Labute approximate surface area is 169 Å². The van der Waals surface area contributed by atoms with Gasteiger partial charge in [0.1, 0.15) is 11.5 Å². The SMILES string of the molecule is COc1cc(C(F)(F)F)cc(C(F)(F)F)c1[C@H](c1ccco1)N1CCNCC1.Cl. The molecule has 1 aromatic carbocycles. The van der Waals surface area contributed by atoms with Crippen LogP contribution in [0.25, 0.3) is 0 Å². The first-order valence-corrected chi connectivity index (χ1v) is 8.47. The fraction of sp³-hybridized carbons (Fsp3) is 0.444. The van der Waals surface area contributed by atoms with Crippen LogP contribution in [0.15, 0.2) is 34.9 Å². The molecule has 1 saturated heterocycles. The molecule has 0 amide bonds. The Kier molecular flexibility index (Phi) is 7.13. The number of methoxy groups -OCH3 is 1. The van der Waals surface area contributed by atoms with Crippen molar-refractivity contribution in [2.24, 2.45) is 0 Å². The lowest BCUT2D eigenvalue weighted by molar-refractivity contribution is -0.144. The van der Waals surface area contributed by atoms with Crippen molar-refractivity contribution in [1.82, 2.24) is 10.2 Å². The topological polar surface area (TPSA) is 37.6 Å².